The Bertz CT molecular complexity index is 695. The van der Waals surface area contributed by atoms with E-state index in [-0.39, 0.29) is 0 Å². The molecule has 1 aliphatic rings. The summed E-state index contributed by atoms with van der Waals surface area (Å²) in [6.45, 7) is 4.54. The molecule has 1 aliphatic carbocycles. The quantitative estimate of drug-likeness (QED) is 0.624. The Balaban J connectivity index is 2.10. The third kappa shape index (κ3) is 2.72. The molecule has 0 saturated heterocycles. The number of fused-ring (bicyclic) bond motifs is 1. The lowest BCUT2D eigenvalue weighted by molar-refractivity contribution is 0.793. The standard InChI is InChI=1S/C20H21Br/c1-3-4-8-15-9-5-6-10-16(15)20-14(2)13-18-17(20)11-7-12-19(18)21/h5-7,9-12H,3-4,8,13H2,1-2H3. The van der Waals surface area contributed by atoms with Crippen LogP contribution in [0.4, 0.5) is 0 Å². The second-order valence-corrected chi connectivity index (χ2v) is 6.71. The van der Waals surface area contributed by atoms with Gasteiger partial charge in [0.15, 0.2) is 0 Å². The number of hydrogen-bond acceptors (Lipinski definition) is 0. The highest BCUT2D eigenvalue weighted by atomic mass is 79.9. The van der Waals surface area contributed by atoms with Gasteiger partial charge in [0.25, 0.3) is 0 Å². The van der Waals surface area contributed by atoms with Crippen LogP contribution in [-0.2, 0) is 12.8 Å². The minimum absolute atomic E-state index is 1.06. The first-order valence-electron chi connectivity index (χ1n) is 7.78. The highest BCUT2D eigenvalue weighted by molar-refractivity contribution is 9.10. The summed E-state index contributed by atoms with van der Waals surface area (Å²) in [6.07, 6.45) is 4.74. The predicted octanol–water partition coefficient (Wildman–Crippen LogP) is 6.17. The number of unbranched alkanes of at least 4 members (excludes halogenated alkanes) is 1. The molecule has 21 heavy (non-hydrogen) atoms. The molecule has 0 atom stereocenters. The molecule has 2 aromatic carbocycles. The first-order chi connectivity index (χ1) is 10.2. The predicted molar refractivity (Wildman–Crippen MR) is 94.6 cm³/mol. The molecule has 0 N–H and O–H groups in total. The Kier molecular flexibility index (Phi) is 4.30. The topological polar surface area (TPSA) is 0 Å². The number of hydrogen-bond donors (Lipinski definition) is 0. The van der Waals surface area contributed by atoms with Crippen molar-refractivity contribution in [1.29, 1.82) is 0 Å². The van der Waals surface area contributed by atoms with E-state index < -0.39 is 0 Å². The summed E-state index contributed by atoms with van der Waals surface area (Å²) < 4.78 is 1.24. The van der Waals surface area contributed by atoms with Crippen molar-refractivity contribution in [3.63, 3.8) is 0 Å². The molecule has 0 unspecified atom stereocenters. The Hall–Kier alpha value is -1.34. The number of rotatable bonds is 4. The molecule has 0 aromatic heterocycles. The summed E-state index contributed by atoms with van der Waals surface area (Å²) in [4.78, 5) is 0. The molecular formula is C20H21Br. The van der Waals surface area contributed by atoms with Crippen LogP contribution in [0.3, 0.4) is 0 Å². The van der Waals surface area contributed by atoms with Gasteiger partial charge in [-0.3, -0.25) is 0 Å². The molecule has 3 rings (SSSR count). The third-order valence-corrected chi connectivity index (χ3v) is 5.09. The van der Waals surface area contributed by atoms with Gasteiger partial charge in [-0.15, -0.1) is 0 Å². The van der Waals surface area contributed by atoms with E-state index in [0.29, 0.717) is 0 Å². The fourth-order valence-electron chi connectivity index (χ4n) is 3.28. The van der Waals surface area contributed by atoms with Gasteiger partial charge in [0, 0.05) is 4.47 Å². The maximum absolute atomic E-state index is 3.71. The lowest BCUT2D eigenvalue weighted by Gasteiger charge is -2.13. The van der Waals surface area contributed by atoms with Crippen LogP contribution in [0.5, 0.6) is 0 Å². The Morgan fingerprint density at radius 3 is 2.57 bits per heavy atom. The van der Waals surface area contributed by atoms with Crippen LogP contribution in [0.15, 0.2) is 52.5 Å². The van der Waals surface area contributed by atoms with Gasteiger partial charge in [-0.05, 0) is 60.1 Å². The molecule has 0 heterocycles. The number of aryl methyl sites for hydroxylation is 1. The molecule has 2 aromatic rings. The van der Waals surface area contributed by atoms with Crippen LogP contribution >= 0.6 is 15.9 Å². The normalized spacial score (nSPS) is 13.7. The second-order valence-electron chi connectivity index (χ2n) is 5.86. The average Bonchev–Trinajstić information content (AvgIpc) is 2.83. The number of halogens is 1. The van der Waals surface area contributed by atoms with Gasteiger partial charge >= 0.3 is 0 Å². The van der Waals surface area contributed by atoms with Crippen molar-refractivity contribution < 1.29 is 0 Å². The van der Waals surface area contributed by atoms with E-state index in [4.69, 9.17) is 0 Å². The summed E-state index contributed by atoms with van der Waals surface area (Å²) in [5.41, 5.74) is 8.71. The molecule has 0 radical (unpaired) electrons. The zero-order chi connectivity index (χ0) is 14.8. The third-order valence-electron chi connectivity index (χ3n) is 4.34. The van der Waals surface area contributed by atoms with E-state index in [1.54, 1.807) is 0 Å². The molecule has 0 saturated carbocycles. The molecule has 0 amide bonds. The van der Waals surface area contributed by atoms with Gasteiger partial charge in [-0.1, -0.05) is 71.2 Å². The minimum Gasteiger partial charge on any atom is -0.0654 e. The van der Waals surface area contributed by atoms with Gasteiger partial charge < -0.3 is 0 Å². The molecule has 0 bridgehead atoms. The van der Waals surface area contributed by atoms with E-state index in [9.17, 15) is 0 Å². The van der Waals surface area contributed by atoms with E-state index >= 15 is 0 Å². The van der Waals surface area contributed by atoms with Crippen LogP contribution in [0, 0.1) is 0 Å². The number of benzene rings is 2. The van der Waals surface area contributed by atoms with E-state index in [2.05, 4.69) is 72.2 Å². The van der Waals surface area contributed by atoms with E-state index in [1.807, 2.05) is 0 Å². The molecule has 0 spiro atoms. The van der Waals surface area contributed by atoms with Crippen molar-refractivity contribution in [3.8, 4) is 0 Å². The lowest BCUT2D eigenvalue weighted by Crippen LogP contribution is -1.95. The Morgan fingerprint density at radius 2 is 1.76 bits per heavy atom. The largest absolute Gasteiger partial charge is 0.0654 e. The van der Waals surface area contributed by atoms with Gasteiger partial charge in [0.1, 0.15) is 0 Å². The van der Waals surface area contributed by atoms with Crippen LogP contribution in [-0.4, -0.2) is 0 Å². The van der Waals surface area contributed by atoms with Gasteiger partial charge in [0.05, 0.1) is 0 Å². The first-order valence-corrected chi connectivity index (χ1v) is 8.57. The first kappa shape index (κ1) is 14.6. The highest BCUT2D eigenvalue weighted by Gasteiger charge is 2.23. The SMILES string of the molecule is CCCCc1ccccc1C1=C(C)Cc2c(Br)cccc21. The zero-order valence-electron chi connectivity index (χ0n) is 12.7. The summed E-state index contributed by atoms with van der Waals surface area (Å²) >= 11 is 3.71. The monoisotopic (exact) mass is 340 g/mol. The van der Waals surface area contributed by atoms with E-state index in [0.717, 1.165) is 6.42 Å². The van der Waals surface area contributed by atoms with Gasteiger partial charge in [-0.2, -0.15) is 0 Å². The van der Waals surface area contributed by atoms with Crippen molar-refractivity contribution >= 4 is 21.5 Å². The maximum Gasteiger partial charge on any atom is 0.0216 e. The summed E-state index contributed by atoms with van der Waals surface area (Å²) in [5, 5.41) is 0. The fraction of sp³-hybridized carbons (Fsp3) is 0.300. The van der Waals surface area contributed by atoms with Crippen LogP contribution < -0.4 is 0 Å². The average molecular weight is 341 g/mol. The Morgan fingerprint density at radius 1 is 1.00 bits per heavy atom. The molecule has 0 fully saturated rings. The summed E-state index contributed by atoms with van der Waals surface area (Å²) in [5.74, 6) is 0. The lowest BCUT2D eigenvalue weighted by atomic mass is 9.91. The maximum atomic E-state index is 3.71. The van der Waals surface area contributed by atoms with Crippen molar-refractivity contribution in [2.75, 3.05) is 0 Å². The van der Waals surface area contributed by atoms with E-state index in [1.165, 1.54) is 57.1 Å². The zero-order valence-corrected chi connectivity index (χ0v) is 14.3. The highest BCUT2D eigenvalue weighted by Crippen LogP contribution is 2.41. The van der Waals surface area contributed by atoms with Crippen LogP contribution in [0.2, 0.25) is 0 Å². The number of allylic oxidation sites excluding steroid dienone is 1. The summed E-state index contributed by atoms with van der Waals surface area (Å²) in [7, 11) is 0. The van der Waals surface area contributed by atoms with Gasteiger partial charge in [-0.25, -0.2) is 0 Å². The van der Waals surface area contributed by atoms with Crippen molar-refractivity contribution in [1.82, 2.24) is 0 Å². The minimum atomic E-state index is 1.06. The van der Waals surface area contributed by atoms with Crippen LogP contribution in [0.1, 0.15) is 48.9 Å². The smallest absolute Gasteiger partial charge is 0.0216 e. The van der Waals surface area contributed by atoms with Crippen LogP contribution in [0.25, 0.3) is 5.57 Å². The van der Waals surface area contributed by atoms with Crippen molar-refractivity contribution in [3.05, 3.63) is 74.8 Å². The van der Waals surface area contributed by atoms with Crippen molar-refractivity contribution in [2.24, 2.45) is 0 Å². The van der Waals surface area contributed by atoms with Crippen molar-refractivity contribution in [2.45, 2.75) is 39.5 Å². The molecule has 108 valence electrons. The van der Waals surface area contributed by atoms with Gasteiger partial charge in [0.2, 0.25) is 0 Å². The second kappa shape index (κ2) is 6.19. The fourth-order valence-corrected chi connectivity index (χ4v) is 3.79. The summed E-state index contributed by atoms with van der Waals surface area (Å²) in [6, 6.07) is 15.5. The Labute approximate surface area is 136 Å². The molecule has 0 aliphatic heterocycles. The molecule has 1 heteroatoms. The molecular weight excluding hydrogens is 320 g/mol. The molecule has 0 nitrogen and oxygen atoms in total.